The quantitative estimate of drug-likeness (QED) is 0.899. The Bertz CT molecular complexity index is 539. The van der Waals surface area contributed by atoms with Gasteiger partial charge in [-0.15, -0.1) is 0 Å². The van der Waals surface area contributed by atoms with E-state index in [2.05, 4.69) is 20.2 Å². The summed E-state index contributed by atoms with van der Waals surface area (Å²) in [5.41, 5.74) is 0.680. The van der Waals surface area contributed by atoms with Crippen LogP contribution in [0, 0.1) is 5.92 Å². The lowest BCUT2D eigenvalue weighted by atomic mass is 9.85. The average Bonchev–Trinajstić information content (AvgIpc) is 2.46. The van der Waals surface area contributed by atoms with Crippen molar-refractivity contribution >= 4 is 23.4 Å². The Labute approximate surface area is 130 Å². The number of aromatic nitrogens is 2. The van der Waals surface area contributed by atoms with Gasteiger partial charge in [0.05, 0.1) is 19.4 Å². The summed E-state index contributed by atoms with van der Waals surface area (Å²) in [6, 6.07) is 0. The number of nitrogens with one attached hydrogen (secondary N) is 1. The van der Waals surface area contributed by atoms with Crippen LogP contribution in [0.1, 0.15) is 19.3 Å². The summed E-state index contributed by atoms with van der Waals surface area (Å²) >= 11 is 0. The second-order valence-corrected chi connectivity index (χ2v) is 6.02. The Morgan fingerprint density at radius 1 is 1.36 bits per heavy atom. The summed E-state index contributed by atoms with van der Waals surface area (Å²) in [5, 5.41) is 2.98. The van der Waals surface area contributed by atoms with Crippen LogP contribution >= 0.6 is 0 Å². The third-order valence-electron chi connectivity index (χ3n) is 4.21. The summed E-state index contributed by atoms with van der Waals surface area (Å²) in [6.07, 6.45) is 4.82. The molecule has 0 spiro atoms. The summed E-state index contributed by atoms with van der Waals surface area (Å²) in [4.78, 5) is 25.2. The minimum atomic E-state index is 0.0806. The van der Waals surface area contributed by atoms with Crippen LogP contribution in [-0.4, -0.2) is 56.3 Å². The average molecular weight is 305 g/mol. The van der Waals surface area contributed by atoms with Crippen molar-refractivity contribution in [2.45, 2.75) is 19.3 Å². The molecule has 2 aliphatic rings. The van der Waals surface area contributed by atoms with Crippen molar-refractivity contribution in [3.63, 3.8) is 0 Å². The van der Waals surface area contributed by atoms with Crippen LogP contribution in [0.2, 0.25) is 0 Å². The standard InChI is InChI=1S/C15H23N5O2/c1-19(2)13-12(17-14(21)11-4-3-5-11)10-16-15(18-13)20-6-8-22-9-7-20/h10-11H,3-9H2,1-2H3,(H,17,21). The minimum Gasteiger partial charge on any atom is -0.378 e. The van der Waals surface area contributed by atoms with Crippen LogP contribution in [-0.2, 0) is 9.53 Å². The molecular formula is C15H23N5O2. The van der Waals surface area contributed by atoms with Crippen molar-refractivity contribution in [2.24, 2.45) is 5.92 Å². The highest BCUT2D eigenvalue weighted by molar-refractivity contribution is 5.95. The number of anilines is 3. The van der Waals surface area contributed by atoms with Gasteiger partial charge >= 0.3 is 0 Å². The normalized spacial score (nSPS) is 18.7. The Kier molecular flexibility index (Phi) is 4.42. The second-order valence-electron chi connectivity index (χ2n) is 6.02. The van der Waals surface area contributed by atoms with E-state index in [9.17, 15) is 4.79 Å². The fourth-order valence-electron chi connectivity index (χ4n) is 2.61. The fraction of sp³-hybridized carbons (Fsp3) is 0.667. The maximum Gasteiger partial charge on any atom is 0.227 e. The van der Waals surface area contributed by atoms with Gasteiger partial charge < -0.3 is 19.9 Å². The molecule has 7 nitrogen and oxygen atoms in total. The number of ether oxygens (including phenoxy) is 1. The first-order valence-corrected chi connectivity index (χ1v) is 7.83. The second kappa shape index (κ2) is 6.48. The van der Waals surface area contributed by atoms with Crippen LogP contribution in [0.5, 0.6) is 0 Å². The predicted molar refractivity (Wildman–Crippen MR) is 85.4 cm³/mol. The minimum absolute atomic E-state index is 0.0806. The molecule has 7 heteroatoms. The summed E-state index contributed by atoms with van der Waals surface area (Å²) in [7, 11) is 3.84. The number of morpholine rings is 1. The zero-order chi connectivity index (χ0) is 15.5. The van der Waals surface area contributed by atoms with Crippen molar-refractivity contribution < 1.29 is 9.53 Å². The van der Waals surface area contributed by atoms with E-state index in [1.54, 1.807) is 6.20 Å². The molecular weight excluding hydrogens is 282 g/mol. The van der Waals surface area contributed by atoms with Gasteiger partial charge in [0.2, 0.25) is 11.9 Å². The molecule has 1 amide bonds. The van der Waals surface area contributed by atoms with Gasteiger partial charge in [0, 0.05) is 33.1 Å². The lowest BCUT2D eigenvalue weighted by Gasteiger charge is -2.28. The highest BCUT2D eigenvalue weighted by Crippen LogP contribution is 2.30. The van der Waals surface area contributed by atoms with E-state index in [1.165, 1.54) is 0 Å². The topological polar surface area (TPSA) is 70.6 Å². The van der Waals surface area contributed by atoms with Crippen molar-refractivity contribution in [1.29, 1.82) is 0 Å². The number of hydrogen-bond acceptors (Lipinski definition) is 6. The first kappa shape index (κ1) is 15.0. The van der Waals surface area contributed by atoms with Crippen LogP contribution in [0.3, 0.4) is 0 Å². The van der Waals surface area contributed by atoms with Crippen LogP contribution in [0.4, 0.5) is 17.5 Å². The van der Waals surface area contributed by atoms with E-state index in [0.717, 1.165) is 38.2 Å². The summed E-state index contributed by atoms with van der Waals surface area (Å²) < 4.78 is 5.36. The van der Waals surface area contributed by atoms with Gasteiger partial charge in [-0.2, -0.15) is 4.98 Å². The lowest BCUT2D eigenvalue weighted by molar-refractivity contribution is -0.122. The van der Waals surface area contributed by atoms with E-state index in [4.69, 9.17) is 4.74 Å². The van der Waals surface area contributed by atoms with Crippen LogP contribution in [0.15, 0.2) is 6.20 Å². The molecule has 0 atom stereocenters. The largest absolute Gasteiger partial charge is 0.378 e. The van der Waals surface area contributed by atoms with Crippen molar-refractivity contribution in [1.82, 2.24) is 9.97 Å². The van der Waals surface area contributed by atoms with Crippen molar-refractivity contribution in [2.75, 3.05) is 55.5 Å². The summed E-state index contributed by atoms with van der Waals surface area (Å²) in [5.74, 6) is 1.66. The van der Waals surface area contributed by atoms with Gasteiger partial charge in [-0.1, -0.05) is 6.42 Å². The first-order valence-electron chi connectivity index (χ1n) is 7.83. The highest BCUT2D eigenvalue weighted by Gasteiger charge is 2.26. The van der Waals surface area contributed by atoms with Gasteiger partial charge in [0.15, 0.2) is 5.82 Å². The molecule has 2 heterocycles. The van der Waals surface area contributed by atoms with E-state index in [0.29, 0.717) is 24.8 Å². The molecule has 3 rings (SSSR count). The van der Waals surface area contributed by atoms with Gasteiger partial charge in [-0.25, -0.2) is 4.98 Å². The lowest BCUT2D eigenvalue weighted by Crippen LogP contribution is -2.37. The van der Waals surface area contributed by atoms with Gasteiger partial charge in [-0.05, 0) is 12.8 Å². The first-order chi connectivity index (χ1) is 10.6. The zero-order valence-electron chi connectivity index (χ0n) is 13.2. The van der Waals surface area contributed by atoms with Crippen LogP contribution in [0.25, 0.3) is 0 Å². The van der Waals surface area contributed by atoms with E-state index in [1.807, 2.05) is 19.0 Å². The molecule has 0 bridgehead atoms. The molecule has 1 aromatic rings. The van der Waals surface area contributed by atoms with E-state index >= 15 is 0 Å². The molecule has 0 aromatic carbocycles. The Morgan fingerprint density at radius 2 is 2.09 bits per heavy atom. The van der Waals surface area contributed by atoms with E-state index in [-0.39, 0.29) is 11.8 Å². The summed E-state index contributed by atoms with van der Waals surface area (Å²) in [6.45, 7) is 2.98. The Hall–Kier alpha value is -1.89. The zero-order valence-corrected chi connectivity index (χ0v) is 13.2. The maximum absolute atomic E-state index is 12.1. The molecule has 1 N–H and O–H groups in total. The third-order valence-corrected chi connectivity index (χ3v) is 4.21. The highest BCUT2D eigenvalue weighted by atomic mass is 16.5. The van der Waals surface area contributed by atoms with E-state index < -0.39 is 0 Å². The number of rotatable bonds is 4. The van der Waals surface area contributed by atoms with Crippen molar-refractivity contribution in [3.05, 3.63) is 6.20 Å². The predicted octanol–water partition coefficient (Wildman–Crippen LogP) is 1.12. The van der Waals surface area contributed by atoms with Gasteiger partial charge in [0.1, 0.15) is 5.69 Å². The monoisotopic (exact) mass is 305 g/mol. The molecule has 1 saturated heterocycles. The number of amides is 1. The number of hydrogen-bond donors (Lipinski definition) is 1. The maximum atomic E-state index is 12.1. The molecule has 1 aliphatic carbocycles. The van der Waals surface area contributed by atoms with Gasteiger partial charge in [0.25, 0.3) is 0 Å². The molecule has 120 valence electrons. The number of nitrogens with zero attached hydrogens (tertiary/aromatic N) is 4. The third kappa shape index (κ3) is 3.14. The molecule has 2 fully saturated rings. The molecule has 1 saturated carbocycles. The Balaban J connectivity index is 1.78. The smallest absolute Gasteiger partial charge is 0.227 e. The van der Waals surface area contributed by atoms with Crippen LogP contribution < -0.4 is 15.1 Å². The fourth-order valence-corrected chi connectivity index (χ4v) is 2.61. The molecule has 0 radical (unpaired) electrons. The molecule has 22 heavy (non-hydrogen) atoms. The molecule has 0 unspecified atom stereocenters. The molecule has 1 aliphatic heterocycles. The Morgan fingerprint density at radius 3 is 2.68 bits per heavy atom. The number of carbonyl (C=O) groups is 1. The molecule has 1 aromatic heterocycles. The SMILES string of the molecule is CN(C)c1nc(N2CCOCC2)ncc1NC(=O)C1CCC1. The number of carbonyl (C=O) groups excluding carboxylic acids is 1. The van der Waals surface area contributed by atoms with Gasteiger partial charge in [-0.3, -0.25) is 4.79 Å². The van der Waals surface area contributed by atoms with Crippen molar-refractivity contribution in [3.8, 4) is 0 Å².